The molecular weight excluding hydrogens is 207 g/mol. The summed E-state index contributed by atoms with van der Waals surface area (Å²) < 4.78 is 13.4. The van der Waals surface area contributed by atoms with Gasteiger partial charge in [0.2, 0.25) is 0 Å². The Hall–Kier alpha value is -1.89. The monoisotopic (exact) mass is 220 g/mol. The fourth-order valence-corrected chi connectivity index (χ4v) is 1.33. The normalized spacial score (nSPS) is 9.62. The smallest absolute Gasteiger partial charge is 0.256 e. The first-order valence-electron chi connectivity index (χ1n) is 4.95. The maximum Gasteiger partial charge on any atom is 0.256 e. The molecule has 0 aromatic heterocycles. The standard InChI is InChI=1S/C12H13FN2O/c1-9-4-5-11(13)10(8-9)12(16)15(2)7-3-6-14/h4-5,8H,3,7H2,1-2H3. The molecule has 1 aromatic carbocycles. The van der Waals surface area contributed by atoms with Gasteiger partial charge in [0.05, 0.1) is 18.1 Å². The number of rotatable bonds is 3. The minimum Gasteiger partial charge on any atom is -0.341 e. The molecule has 16 heavy (non-hydrogen) atoms. The van der Waals surface area contributed by atoms with Crippen molar-refractivity contribution in [3.8, 4) is 6.07 Å². The Morgan fingerprint density at radius 3 is 2.88 bits per heavy atom. The number of benzene rings is 1. The van der Waals surface area contributed by atoms with Crippen molar-refractivity contribution in [2.45, 2.75) is 13.3 Å². The van der Waals surface area contributed by atoms with Gasteiger partial charge in [-0.2, -0.15) is 5.26 Å². The average Bonchev–Trinajstić information content (AvgIpc) is 2.28. The van der Waals surface area contributed by atoms with Crippen LogP contribution in [0.15, 0.2) is 18.2 Å². The number of carbonyl (C=O) groups is 1. The third-order valence-corrected chi connectivity index (χ3v) is 2.26. The van der Waals surface area contributed by atoms with Crippen LogP contribution >= 0.6 is 0 Å². The fourth-order valence-electron chi connectivity index (χ4n) is 1.33. The molecule has 0 saturated heterocycles. The van der Waals surface area contributed by atoms with Gasteiger partial charge in [0.25, 0.3) is 5.91 Å². The summed E-state index contributed by atoms with van der Waals surface area (Å²) in [5, 5.41) is 8.40. The van der Waals surface area contributed by atoms with Gasteiger partial charge in [0.1, 0.15) is 5.82 Å². The summed E-state index contributed by atoms with van der Waals surface area (Å²) in [4.78, 5) is 13.1. The third-order valence-electron chi connectivity index (χ3n) is 2.26. The minimum absolute atomic E-state index is 0.0560. The van der Waals surface area contributed by atoms with Gasteiger partial charge in [-0.1, -0.05) is 11.6 Å². The molecule has 4 heteroatoms. The summed E-state index contributed by atoms with van der Waals surface area (Å²) in [5.74, 6) is -0.921. The van der Waals surface area contributed by atoms with Crippen molar-refractivity contribution in [3.63, 3.8) is 0 Å². The van der Waals surface area contributed by atoms with Crippen molar-refractivity contribution in [1.82, 2.24) is 4.90 Å². The van der Waals surface area contributed by atoms with Gasteiger partial charge in [-0.3, -0.25) is 4.79 Å². The summed E-state index contributed by atoms with van der Waals surface area (Å²) >= 11 is 0. The van der Waals surface area contributed by atoms with Gasteiger partial charge in [-0.15, -0.1) is 0 Å². The number of hydrogen-bond acceptors (Lipinski definition) is 2. The van der Waals surface area contributed by atoms with Crippen LogP contribution in [-0.2, 0) is 0 Å². The van der Waals surface area contributed by atoms with E-state index in [1.54, 1.807) is 20.0 Å². The number of nitrogens with zero attached hydrogens (tertiary/aromatic N) is 2. The number of amides is 1. The molecule has 0 aliphatic heterocycles. The second kappa shape index (κ2) is 5.26. The number of hydrogen-bond donors (Lipinski definition) is 0. The lowest BCUT2D eigenvalue weighted by atomic mass is 10.1. The maximum absolute atomic E-state index is 13.4. The second-order valence-corrected chi connectivity index (χ2v) is 3.62. The lowest BCUT2D eigenvalue weighted by molar-refractivity contribution is 0.0793. The Bertz CT molecular complexity index is 437. The maximum atomic E-state index is 13.4. The molecule has 0 saturated carbocycles. The first kappa shape index (κ1) is 12.2. The van der Waals surface area contributed by atoms with Crippen LogP contribution in [0.25, 0.3) is 0 Å². The zero-order chi connectivity index (χ0) is 12.1. The molecule has 0 atom stereocenters. The highest BCUT2D eigenvalue weighted by Gasteiger charge is 2.15. The Labute approximate surface area is 94.1 Å². The largest absolute Gasteiger partial charge is 0.341 e. The molecule has 0 aliphatic rings. The highest BCUT2D eigenvalue weighted by molar-refractivity contribution is 5.94. The predicted octanol–water partition coefficient (Wildman–Crippen LogP) is 2.12. The molecule has 3 nitrogen and oxygen atoms in total. The fraction of sp³-hybridized carbons (Fsp3) is 0.333. The highest BCUT2D eigenvalue weighted by atomic mass is 19.1. The number of nitriles is 1. The van der Waals surface area contributed by atoms with E-state index in [9.17, 15) is 9.18 Å². The van der Waals surface area contributed by atoms with E-state index in [-0.39, 0.29) is 12.0 Å². The van der Waals surface area contributed by atoms with E-state index in [0.717, 1.165) is 5.56 Å². The summed E-state index contributed by atoms with van der Waals surface area (Å²) in [6.45, 7) is 2.11. The summed E-state index contributed by atoms with van der Waals surface area (Å²) in [6.07, 6.45) is 0.246. The van der Waals surface area contributed by atoms with Gasteiger partial charge < -0.3 is 4.90 Å². The molecule has 0 spiro atoms. The molecule has 0 radical (unpaired) electrons. The zero-order valence-corrected chi connectivity index (χ0v) is 9.33. The van der Waals surface area contributed by atoms with Crippen LogP contribution in [0, 0.1) is 24.1 Å². The van der Waals surface area contributed by atoms with E-state index in [0.29, 0.717) is 6.54 Å². The predicted molar refractivity (Wildman–Crippen MR) is 58.3 cm³/mol. The lowest BCUT2D eigenvalue weighted by Crippen LogP contribution is -2.28. The lowest BCUT2D eigenvalue weighted by Gasteiger charge is -2.16. The quantitative estimate of drug-likeness (QED) is 0.783. The molecule has 0 fully saturated rings. The van der Waals surface area contributed by atoms with Crippen molar-refractivity contribution in [2.75, 3.05) is 13.6 Å². The van der Waals surface area contributed by atoms with Crippen molar-refractivity contribution in [3.05, 3.63) is 35.1 Å². The molecule has 1 amide bonds. The van der Waals surface area contributed by atoms with Crippen LogP contribution in [0.1, 0.15) is 22.3 Å². The molecule has 0 unspecified atom stereocenters. The van der Waals surface area contributed by atoms with Gasteiger partial charge >= 0.3 is 0 Å². The third kappa shape index (κ3) is 2.80. The molecule has 0 N–H and O–H groups in total. The molecule has 0 bridgehead atoms. The SMILES string of the molecule is Cc1ccc(F)c(C(=O)N(C)CCC#N)c1. The molecule has 0 aliphatic carbocycles. The van der Waals surface area contributed by atoms with Crippen LogP contribution in [0.5, 0.6) is 0 Å². The number of aryl methyl sites for hydroxylation is 1. The molecule has 0 heterocycles. The van der Waals surface area contributed by atoms with E-state index in [1.165, 1.54) is 17.0 Å². The molecular formula is C12H13FN2O. The first-order chi connectivity index (χ1) is 7.56. The van der Waals surface area contributed by atoms with Gasteiger partial charge in [0.15, 0.2) is 0 Å². The Balaban J connectivity index is 2.88. The van der Waals surface area contributed by atoms with Crippen LogP contribution in [0.4, 0.5) is 4.39 Å². The summed E-state index contributed by atoms with van der Waals surface area (Å²) in [5.41, 5.74) is 0.888. The minimum atomic E-state index is -0.528. The molecule has 84 valence electrons. The summed E-state index contributed by atoms with van der Waals surface area (Å²) in [7, 11) is 1.56. The van der Waals surface area contributed by atoms with Crippen molar-refractivity contribution >= 4 is 5.91 Å². The van der Waals surface area contributed by atoms with Crippen LogP contribution in [0.2, 0.25) is 0 Å². The first-order valence-corrected chi connectivity index (χ1v) is 4.95. The highest BCUT2D eigenvalue weighted by Crippen LogP contribution is 2.12. The molecule has 1 rings (SSSR count). The average molecular weight is 220 g/mol. The van der Waals surface area contributed by atoms with Crippen LogP contribution < -0.4 is 0 Å². The molecule has 1 aromatic rings. The van der Waals surface area contributed by atoms with E-state index in [1.807, 2.05) is 6.07 Å². The number of halogens is 1. The van der Waals surface area contributed by atoms with E-state index < -0.39 is 11.7 Å². The van der Waals surface area contributed by atoms with E-state index in [2.05, 4.69) is 0 Å². The van der Waals surface area contributed by atoms with E-state index >= 15 is 0 Å². The van der Waals surface area contributed by atoms with Crippen molar-refractivity contribution in [2.24, 2.45) is 0 Å². The van der Waals surface area contributed by atoms with Crippen LogP contribution in [0.3, 0.4) is 0 Å². The van der Waals surface area contributed by atoms with Crippen LogP contribution in [-0.4, -0.2) is 24.4 Å². The van der Waals surface area contributed by atoms with Gasteiger partial charge in [-0.05, 0) is 19.1 Å². The zero-order valence-electron chi connectivity index (χ0n) is 9.33. The summed E-state index contributed by atoms with van der Waals surface area (Å²) in [6, 6.07) is 6.35. The Kier molecular flexibility index (Phi) is 4.01. The van der Waals surface area contributed by atoms with Gasteiger partial charge in [0, 0.05) is 13.6 Å². The van der Waals surface area contributed by atoms with Crippen molar-refractivity contribution < 1.29 is 9.18 Å². The topological polar surface area (TPSA) is 44.1 Å². The van der Waals surface area contributed by atoms with E-state index in [4.69, 9.17) is 5.26 Å². The number of carbonyl (C=O) groups excluding carboxylic acids is 1. The van der Waals surface area contributed by atoms with Crippen molar-refractivity contribution in [1.29, 1.82) is 5.26 Å². The Morgan fingerprint density at radius 1 is 1.56 bits per heavy atom. The van der Waals surface area contributed by atoms with Gasteiger partial charge in [-0.25, -0.2) is 4.39 Å². The Morgan fingerprint density at radius 2 is 2.25 bits per heavy atom. The second-order valence-electron chi connectivity index (χ2n) is 3.62.